The molecule has 1 saturated heterocycles. The molecule has 1 aliphatic carbocycles. The normalized spacial score (nSPS) is 19.3. The lowest BCUT2D eigenvalue weighted by atomic mass is 9.94. The third kappa shape index (κ3) is 4.69. The number of aliphatic imine (C=N–C) groups is 1. The predicted octanol–water partition coefficient (Wildman–Crippen LogP) is 7.31. The lowest BCUT2D eigenvalue weighted by Gasteiger charge is -2.30. The van der Waals surface area contributed by atoms with Gasteiger partial charge in [-0.3, -0.25) is 9.69 Å². The van der Waals surface area contributed by atoms with Gasteiger partial charge in [-0.1, -0.05) is 31.4 Å². The molecule has 2 heterocycles. The van der Waals surface area contributed by atoms with E-state index in [2.05, 4.69) is 4.99 Å². The smallest absolute Gasteiger partial charge is 0.267 e. The summed E-state index contributed by atoms with van der Waals surface area (Å²) in [4.78, 5) is 20.6. The van der Waals surface area contributed by atoms with Gasteiger partial charge in [-0.15, -0.1) is 0 Å². The number of carbonyl (C=O) groups excluding carboxylic acids is 1. The molecule has 35 heavy (non-hydrogen) atoms. The maximum absolute atomic E-state index is 14.4. The van der Waals surface area contributed by atoms with Crippen LogP contribution in [0.15, 0.2) is 64.5 Å². The molecule has 0 atom stereocenters. The second-order valence-corrected chi connectivity index (χ2v) is 10.1. The van der Waals surface area contributed by atoms with Gasteiger partial charge in [0, 0.05) is 23.1 Å². The van der Waals surface area contributed by atoms with E-state index in [1.54, 1.807) is 35.2 Å². The number of thioether (sulfide) groups is 1. The molecule has 4 nitrogen and oxygen atoms in total. The molecule has 0 bridgehead atoms. The number of aromatic nitrogens is 1. The highest BCUT2D eigenvalue weighted by molar-refractivity contribution is 8.18. The molecule has 2 aliphatic rings. The van der Waals surface area contributed by atoms with Crippen LogP contribution in [0.5, 0.6) is 0 Å². The number of hydrogen-bond acceptors (Lipinski definition) is 3. The zero-order chi connectivity index (χ0) is 24.5. The topological polar surface area (TPSA) is 37.6 Å². The molecular formula is C28H27F2N3OS. The zero-order valence-corrected chi connectivity index (χ0v) is 20.6. The second kappa shape index (κ2) is 9.82. The number of nitrogens with zero attached hydrogens (tertiary/aromatic N) is 3. The van der Waals surface area contributed by atoms with Crippen molar-refractivity contribution in [2.24, 2.45) is 4.99 Å². The molecule has 1 amide bonds. The molecular weight excluding hydrogens is 464 g/mol. The Bertz CT molecular complexity index is 1320. The minimum atomic E-state index is -0.406. The lowest BCUT2D eigenvalue weighted by molar-refractivity contribution is -0.124. The van der Waals surface area contributed by atoms with Crippen molar-refractivity contribution in [3.63, 3.8) is 0 Å². The van der Waals surface area contributed by atoms with Crippen LogP contribution in [-0.4, -0.2) is 26.6 Å². The Morgan fingerprint density at radius 3 is 2.43 bits per heavy atom. The summed E-state index contributed by atoms with van der Waals surface area (Å²) in [5.41, 5.74) is 3.96. The highest BCUT2D eigenvalue weighted by Crippen LogP contribution is 2.39. The third-order valence-electron chi connectivity index (χ3n) is 6.69. The van der Waals surface area contributed by atoms with E-state index in [9.17, 15) is 13.6 Å². The summed E-state index contributed by atoms with van der Waals surface area (Å²) in [6.07, 6.45) is 7.07. The van der Waals surface area contributed by atoms with Crippen LogP contribution in [0, 0.1) is 25.5 Å². The van der Waals surface area contributed by atoms with E-state index in [-0.39, 0.29) is 23.5 Å². The Balaban J connectivity index is 1.53. The molecule has 5 rings (SSSR count). The molecule has 180 valence electrons. The van der Waals surface area contributed by atoms with Gasteiger partial charge in [0.15, 0.2) is 5.17 Å². The molecule has 1 aromatic heterocycles. The van der Waals surface area contributed by atoms with Gasteiger partial charge in [-0.25, -0.2) is 13.8 Å². The average Bonchev–Trinajstić information content (AvgIpc) is 3.31. The van der Waals surface area contributed by atoms with Crippen molar-refractivity contribution >= 4 is 34.6 Å². The van der Waals surface area contributed by atoms with Crippen molar-refractivity contribution in [2.45, 2.75) is 52.0 Å². The van der Waals surface area contributed by atoms with Crippen LogP contribution in [0.4, 0.5) is 14.5 Å². The van der Waals surface area contributed by atoms with E-state index in [0.717, 1.165) is 48.3 Å². The maximum atomic E-state index is 14.4. The first-order valence-corrected chi connectivity index (χ1v) is 12.8. The third-order valence-corrected chi connectivity index (χ3v) is 7.67. The van der Waals surface area contributed by atoms with E-state index in [4.69, 9.17) is 0 Å². The van der Waals surface area contributed by atoms with Crippen LogP contribution in [0.3, 0.4) is 0 Å². The van der Waals surface area contributed by atoms with Crippen molar-refractivity contribution in [3.8, 4) is 5.69 Å². The van der Waals surface area contributed by atoms with Crippen LogP contribution in [-0.2, 0) is 4.79 Å². The zero-order valence-electron chi connectivity index (χ0n) is 19.8. The molecule has 1 aliphatic heterocycles. The van der Waals surface area contributed by atoms with Gasteiger partial charge >= 0.3 is 0 Å². The molecule has 1 saturated carbocycles. The van der Waals surface area contributed by atoms with Crippen LogP contribution in [0.2, 0.25) is 0 Å². The van der Waals surface area contributed by atoms with Crippen molar-refractivity contribution in [3.05, 3.63) is 88.1 Å². The lowest BCUT2D eigenvalue weighted by Crippen LogP contribution is -2.40. The van der Waals surface area contributed by atoms with E-state index in [1.165, 1.54) is 36.4 Å². The quantitative estimate of drug-likeness (QED) is 0.359. The number of hydrogen-bond donors (Lipinski definition) is 0. The minimum absolute atomic E-state index is 0.0758. The molecule has 3 aromatic rings. The van der Waals surface area contributed by atoms with Gasteiger partial charge in [0.05, 0.1) is 4.91 Å². The first-order valence-electron chi connectivity index (χ1n) is 11.9. The van der Waals surface area contributed by atoms with Gasteiger partial charge in [-0.2, -0.15) is 0 Å². The summed E-state index contributed by atoms with van der Waals surface area (Å²) < 4.78 is 29.9. The number of rotatable bonds is 4. The van der Waals surface area contributed by atoms with E-state index >= 15 is 0 Å². The monoisotopic (exact) mass is 491 g/mol. The SMILES string of the molecule is Cc1cc(/C=C2\SC(=Nc3ccccc3F)N(C3CCCCC3)C2=O)c(C)n1-c1ccc(F)cc1. The summed E-state index contributed by atoms with van der Waals surface area (Å²) in [7, 11) is 0. The fraction of sp³-hybridized carbons (Fsp3) is 0.286. The number of amidine groups is 1. The van der Waals surface area contributed by atoms with Gasteiger partial charge in [0.1, 0.15) is 17.3 Å². The number of benzene rings is 2. The Morgan fingerprint density at radius 2 is 1.71 bits per heavy atom. The van der Waals surface area contributed by atoms with Gasteiger partial charge in [0.2, 0.25) is 0 Å². The molecule has 0 spiro atoms. The maximum Gasteiger partial charge on any atom is 0.267 e. The summed E-state index contributed by atoms with van der Waals surface area (Å²) in [6.45, 7) is 3.97. The fourth-order valence-corrected chi connectivity index (χ4v) is 5.98. The second-order valence-electron chi connectivity index (χ2n) is 9.06. The summed E-state index contributed by atoms with van der Waals surface area (Å²) in [5, 5.41) is 0.533. The molecule has 2 aromatic carbocycles. The van der Waals surface area contributed by atoms with Crippen molar-refractivity contribution in [2.75, 3.05) is 0 Å². The first-order chi connectivity index (χ1) is 16.9. The van der Waals surface area contributed by atoms with Crippen LogP contribution >= 0.6 is 11.8 Å². The van der Waals surface area contributed by atoms with E-state index < -0.39 is 5.82 Å². The van der Waals surface area contributed by atoms with Crippen LogP contribution in [0.1, 0.15) is 49.1 Å². The van der Waals surface area contributed by atoms with Crippen LogP contribution < -0.4 is 0 Å². The number of aryl methyl sites for hydroxylation is 1. The Labute approximate surface area is 208 Å². The van der Waals surface area contributed by atoms with Crippen LogP contribution in [0.25, 0.3) is 11.8 Å². The molecule has 7 heteroatoms. The number of amides is 1. The van der Waals surface area contributed by atoms with Gasteiger partial charge in [-0.05, 0) is 92.6 Å². The Hall–Kier alpha value is -3.19. The number of carbonyl (C=O) groups is 1. The average molecular weight is 492 g/mol. The van der Waals surface area contributed by atoms with Gasteiger partial charge < -0.3 is 4.57 Å². The number of halogens is 2. The Morgan fingerprint density at radius 1 is 1.00 bits per heavy atom. The predicted molar refractivity (Wildman–Crippen MR) is 138 cm³/mol. The summed E-state index contributed by atoms with van der Waals surface area (Å²) in [6, 6.07) is 14.9. The highest BCUT2D eigenvalue weighted by Gasteiger charge is 2.39. The van der Waals surface area contributed by atoms with Crippen molar-refractivity contribution < 1.29 is 13.6 Å². The molecule has 0 radical (unpaired) electrons. The first kappa shape index (κ1) is 23.5. The van der Waals surface area contributed by atoms with Crippen molar-refractivity contribution in [1.82, 2.24) is 9.47 Å². The largest absolute Gasteiger partial charge is 0.318 e. The number of para-hydroxylation sites is 1. The minimum Gasteiger partial charge on any atom is -0.318 e. The van der Waals surface area contributed by atoms with Crippen molar-refractivity contribution in [1.29, 1.82) is 0 Å². The Kier molecular flexibility index (Phi) is 6.60. The summed E-state index contributed by atoms with van der Waals surface area (Å²) in [5.74, 6) is -0.767. The van der Waals surface area contributed by atoms with E-state index in [1.807, 2.05) is 30.6 Å². The molecule has 0 N–H and O–H groups in total. The fourth-order valence-electron chi connectivity index (χ4n) is 4.93. The molecule has 0 unspecified atom stereocenters. The summed E-state index contributed by atoms with van der Waals surface area (Å²) >= 11 is 1.30. The van der Waals surface area contributed by atoms with E-state index in [0.29, 0.717) is 10.1 Å². The molecule has 2 fully saturated rings. The van der Waals surface area contributed by atoms with Gasteiger partial charge in [0.25, 0.3) is 5.91 Å². The highest BCUT2D eigenvalue weighted by atomic mass is 32.2. The standard InChI is InChI=1S/C28H27F2N3OS/c1-18-16-20(19(2)32(18)23-14-12-21(29)13-15-23)17-26-27(34)33(22-8-4-3-5-9-22)28(35-26)31-25-11-7-6-10-24(25)30/h6-7,10-17,22H,3-5,8-9H2,1-2H3/b26-17-,31-28?.